The Labute approximate surface area is 148 Å². The Balaban J connectivity index is 1.71. The maximum absolute atomic E-state index is 12.7. The minimum Gasteiger partial charge on any atom is -0.336 e. The van der Waals surface area contributed by atoms with Crippen LogP contribution >= 0.6 is 0 Å². The average Bonchev–Trinajstić information content (AvgIpc) is 3.13. The number of nitrogens with one attached hydrogen (secondary N) is 2. The molecule has 0 aromatic heterocycles. The molecule has 0 radical (unpaired) electrons. The Morgan fingerprint density at radius 2 is 1.88 bits per heavy atom. The number of amides is 4. The van der Waals surface area contributed by atoms with E-state index in [9.17, 15) is 14.4 Å². The lowest BCUT2D eigenvalue weighted by Gasteiger charge is -2.27. The Morgan fingerprint density at radius 1 is 1.20 bits per heavy atom. The van der Waals surface area contributed by atoms with E-state index in [-0.39, 0.29) is 23.8 Å². The minimum atomic E-state index is -0.760. The van der Waals surface area contributed by atoms with Gasteiger partial charge in [0.2, 0.25) is 5.91 Å². The Morgan fingerprint density at radius 3 is 2.44 bits per heavy atom. The summed E-state index contributed by atoms with van der Waals surface area (Å²) in [4.78, 5) is 37.3. The van der Waals surface area contributed by atoms with Crippen LogP contribution in [0, 0.1) is 0 Å². The van der Waals surface area contributed by atoms with Crippen LogP contribution in [-0.4, -0.2) is 35.3 Å². The van der Waals surface area contributed by atoms with E-state index in [0.29, 0.717) is 6.54 Å². The molecule has 25 heavy (non-hydrogen) atoms. The highest BCUT2D eigenvalue weighted by atomic mass is 16.2. The van der Waals surface area contributed by atoms with Crippen LogP contribution in [0.1, 0.15) is 57.2 Å². The number of hydrogen-bond donors (Lipinski definition) is 2. The number of benzene rings is 1. The molecule has 134 valence electrons. The van der Waals surface area contributed by atoms with Crippen LogP contribution in [0.25, 0.3) is 0 Å². The molecule has 2 aliphatic rings. The molecular formula is C19H25N3O3. The Kier molecular flexibility index (Phi) is 4.54. The van der Waals surface area contributed by atoms with Gasteiger partial charge in [-0.1, -0.05) is 45.0 Å². The van der Waals surface area contributed by atoms with Gasteiger partial charge in [-0.15, -0.1) is 0 Å². The van der Waals surface area contributed by atoms with E-state index in [1.54, 1.807) is 0 Å². The van der Waals surface area contributed by atoms with E-state index >= 15 is 0 Å². The molecule has 2 aliphatic heterocycles. The maximum atomic E-state index is 12.7. The van der Waals surface area contributed by atoms with Crippen molar-refractivity contribution in [2.75, 3.05) is 6.54 Å². The van der Waals surface area contributed by atoms with Gasteiger partial charge in [-0.3, -0.25) is 14.9 Å². The fourth-order valence-electron chi connectivity index (χ4n) is 3.51. The standard InChI is InChI=1S/C19H25N3O3/c1-19(2,3)13-8-6-12(7-9-13)15-5-4-10-22(15)16(23)11-14-17(24)21-18(25)20-14/h6-9,14-15H,4-5,10-11H2,1-3H3,(H2,20,21,24,25)/t14-,15?/m0/s1. The normalized spacial score (nSPS) is 23.6. The van der Waals surface area contributed by atoms with Gasteiger partial charge < -0.3 is 10.2 Å². The molecule has 1 unspecified atom stereocenters. The van der Waals surface area contributed by atoms with Crippen molar-refractivity contribution in [3.05, 3.63) is 35.4 Å². The zero-order chi connectivity index (χ0) is 18.2. The fourth-order valence-corrected chi connectivity index (χ4v) is 3.51. The van der Waals surface area contributed by atoms with Crippen LogP contribution in [0.2, 0.25) is 0 Å². The molecule has 0 bridgehead atoms. The molecule has 2 heterocycles. The van der Waals surface area contributed by atoms with Crippen molar-refractivity contribution in [2.45, 2.75) is 57.5 Å². The van der Waals surface area contributed by atoms with Gasteiger partial charge in [-0.2, -0.15) is 0 Å². The fraction of sp³-hybridized carbons (Fsp3) is 0.526. The molecule has 1 aromatic carbocycles. The lowest BCUT2D eigenvalue weighted by atomic mass is 9.86. The monoisotopic (exact) mass is 343 g/mol. The molecule has 1 aromatic rings. The molecule has 2 fully saturated rings. The van der Waals surface area contributed by atoms with Crippen LogP contribution in [0.3, 0.4) is 0 Å². The van der Waals surface area contributed by atoms with E-state index in [4.69, 9.17) is 0 Å². The highest BCUT2D eigenvalue weighted by molar-refractivity contribution is 6.05. The maximum Gasteiger partial charge on any atom is 0.322 e. The van der Waals surface area contributed by atoms with E-state index in [1.165, 1.54) is 5.56 Å². The number of hydrogen-bond acceptors (Lipinski definition) is 3. The Hall–Kier alpha value is -2.37. The van der Waals surface area contributed by atoms with Crippen LogP contribution in [0.4, 0.5) is 4.79 Å². The lowest BCUT2D eigenvalue weighted by molar-refractivity contribution is -0.134. The summed E-state index contributed by atoms with van der Waals surface area (Å²) in [6, 6.07) is 7.20. The van der Waals surface area contributed by atoms with Crippen molar-refractivity contribution in [2.24, 2.45) is 0 Å². The van der Waals surface area contributed by atoms with Gasteiger partial charge in [0.1, 0.15) is 6.04 Å². The smallest absolute Gasteiger partial charge is 0.322 e. The summed E-state index contributed by atoms with van der Waals surface area (Å²) >= 11 is 0. The molecule has 6 nitrogen and oxygen atoms in total. The number of likely N-dealkylation sites (tertiary alicyclic amines) is 1. The topological polar surface area (TPSA) is 78.5 Å². The molecule has 4 amide bonds. The van der Waals surface area contributed by atoms with Crippen LogP contribution in [0.5, 0.6) is 0 Å². The first-order chi connectivity index (χ1) is 11.8. The van der Waals surface area contributed by atoms with E-state index in [0.717, 1.165) is 18.4 Å². The minimum absolute atomic E-state index is 0.00808. The van der Waals surface area contributed by atoms with Crippen molar-refractivity contribution >= 4 is 17.8 Å². The summed E-state index contributed by atoms with van der Waals surface area (Å²) in [6.45, 7) is 7.21. The first-order valence-corrected chi connectivity index (χ1v) is 8.77. The van der Waals surface area contributed by atoms with Gasteiger partial charge in [-0.25, -0.2) is 4.79 Å². The number of rotatable bonds is 3. The van der Waals surface area contributed by atoms with E-state index in [2.05, 4.69) is 55.7 Å². The molecular weight excluding hydrogens is 318 g/mol. The van der Waals surface area contributed by atoms with Crippen molar-refractivity contribution in [3.8, 4) is 0 Å². The van der Waals surface area contributed by atoms with Gasteiger partial charge >= 0.3 is 6.03 Å². The number of carbonyl (C=O) groups excluding carboxylic acids is 3. The second kappa shape index (κ2) is 6.50. The SMILES string of the molecule is CC(C)(C)c1ccc(C2CCCN2C(=O)C[C@@H]2NC(=O)NC2=O)cc1. The third-order valence-electron chi connectivity index (χ3n) is 4.97. The summed E-state index contributed by atoms with van der Waals surface area (Å²) < 4.78 is 0. The number of imide groups is 1. The summed E-state index contributed by atoms with van der Waals surface area (Å²) in [5.74, 6) is -0.520. The molecule has 0 aliphatic carbocycles. The van der Waals surface area contributed by atoms with E-state index in [1.807, 2.05) is 4.90 Å². The van der Waals surface area contributed by atoms with Crippen molar-refractivity contribution in [3.63, 3.8) is 0 Å². The number of carbonyl (C=O) groups is 3. The second-order valence-electron chi connectivity index (χ2n) is 7.84. The summed E-state index contributed by atoms with van der Waals surface area (Å²) in [5, 5.41) is 4.66. The first kappa shape index (κ1) is 17.5. The van der Waals surface area contributed by atoms with Crippen molar-refractivity contribution < 1.29 is 14.4 Å². The molecule has 2 saturated heterocycles. The zero-order valence-corrected chi connectivity index (χ0v) is 15.0. The quantitative estimate of drug-likeness (QED) is 0.826. The molecule has 2 atom stereocenters. The third kappa shape index (κ3) is 3.67. The molecule has 0 spiro atoms. The van der Waals surface area contributed by atoms with Gasteiger partial charge in [0.15, 0.2) is 0 Å². The summed E-state index contributed by atoms with van der Waals surface area (Å²) in [7, 11) is 0. The van der Waals surface area contributed by atoms with E-state index < -0.39 is 18.0 Å². The van der Waals surface area contributed by atoms with Crippen LogP contribution in [-0.2, 0) is 15.0 Å². The highest BCUT2D eigenvalue weighted by Crippen LogP contribution is 2.34. The predicted molar refractivity (Wildman–Crippen MR) is 93.9 cm³/mol. The number of urea groups is 1. The molecule has 0 saturated carbocycles. The lowest BCUT2D eigenvalue weighted by Crippen LogP contribution is -2.38. The molecule has 3 rings (SSSR count). The highest BCUT2D eigenvalue weighted by Gasteiger charge is 2.36. The summed E-state index contributed by atoms with van der Waals surface area (Å²) in [6.07, 6.45) is 1.87. The average molecular weight is 343 g/mol. The molecule has 2 N–H and O–H groups in total. The first-order valence-electron chi connectivity index (χ1n) is 8.77. The van der Waals surface area contributed by atoms with Crippen molar-refractivity contribution in [1.29, 1.82) is 0 Å². The zero-order valence-electron chi connectivity index (χ0n) is 15.0. The Bertz CT molecular complexity index is 691. The molecule has 6 heteroatoms. The van der Waals surface area contributed by atoms with Crippen LogP contribution < -0.4 is 10.6 Å². The number of nitrogens with zero attached hydrogens (tertiary/aromatic N) is 1. The summed E-state index contributed by atoms with van der Waals surface area (Å²) in [5.41, 5.74) is 2.48. The predicted octanol–water partition coefficient (Wildman–Crippen LogP) is 2.25. The van der Waals surface area contributed by atoms with Gasteiger partial charge in [-0.05, 0) is 29.4 Å². The van der Waals surface area contributed by atoms with Crippen LogP contribution in [0.15, 0.2) is 24.3 Å². The third-order valence-corrected chi connectivity index (χ3v) is 4.97. The van der Waals surface area contributed by atoms with Gasteiger partial charge in [0, 0.05) is 6.54 Å². The van der Waals surface area contributed by atoms with Gasteiger partial charge in [0.05, 0.1) is 12.5 Å². The largest absolute Gasteiger partial charge is 0.336 e. The second-order valence-corrected chi connectivity index (χ2v) is 7.84. The van der Waals surface area contributed by atoms with Crippen molar-refractivity contribution in [1.82, 2.24) is 15.5 Å². The van der Waals surface area contributed by atoms with Gasteiger partial charge in [0.25, 0.3) is 5.91 Å².